The molecule has 94 valence electrons. The van der Waals surface area contributed by atoms with Gasteiger partial charge in [0.05, 0.1) is 0 Å². The van der Waals surface area contributed by atoms with Crippen molar-refractivity contribution in [3.05, 3.63) is 0 Å². The largest absolute Gasteiger partial charge is 0.338 e. The van der Waals surface area contributed by atoms with Gasteiger partial charge < -0.3 is 10.6 Å². The molecule has 0 unspecified atom stereocenters. The van der Waals surface area contributed by atoms with Gasteiger partial charge in [-0.1, -0.05) is 13.8 Å². The Kier molecular flexibility index (Phi) is 5.64. The molecule has 0 atom stereocenters. The van der Waals surface area contributed by atoms with Gasteiger partial charge in [-0.25, -0.2) is 4.79 Å². The topological polar surface area (TPSA) is 41.1 Å². The van der Waals surface area contributed by atoms with Crippen molar-refractivity contribution in [2.45, 2.75) is 58.9 Å². The van der Waals surface area contributed by atoms with Crippen molar-refractivity contribution in [2.75, 3.05) is 6.54 Å². The molecule has 0 saturated heterocycles. The first-order chi connectivity index (χ1) is 7.61. The van der Waals surface area contributed by atoms with Crippen LogP contribution in [0.4, 0.5) is 4.79 Å². The van der Waals surface area contributed by atoms with Gasteiger partial charge in [-0.3, -0.25) is 0 Å². The van der Waals surface area contributed by atoms with Crippen LogP contribution < -0.4 is 10.6 Å². The molecule has 0 bridgehead atoms. The molecule has 2 N–H and O–H groups in total. The number of rotatable bonds is 4. The first-order valence-corrected chi connectivity index (χ1v) is 6.66. The summed E-state index contributed by atoms with van der Waals surface area (Å²) in [6, 6.07) is 0.393. The second kappa shape index (κ2) is 6.77. The van der Waals surface area contributed by atoms with E-state index < -0.39 is 0 Å². The molecule has 1 rings (SSSR count). The fourth-order valence-corrected chi connectivity index (χ4v) is 2.61. The van der Waals surface area contributed by atoms with Gasteiger partial charge >= 0.3 is 6.03 Å². The van der Waals surface area contributed by atoms with E-state index in [1.54, 1.807) is 0 Å². The summed E-state index contributed by atoms with van der Waals surface area (Å²) in [4.78, 5) is 11.3. The molecule has 1 aliphatic carbocycles. The average molecular weight is 226 g/mol. The lowest BCUT2D eigenvalue weighted by Gasteiger charge is -2.30. The highest BCUT2D eigenvalue weighted by Crippen LogP contribution is 2.29. The number of hydrogen-bond donors (Lipinski definition) is 2. The van der Waals surface area contributed by atoms with Gasteiger partial charge in [-0.15, -0.1) is 0 Å². The Morgan fingerprint density at radius 3 is 2.38 bits per heavy atom. The summed E-state index contributed by atoms with van der Waals surface area (Å²) in [5.41, 5.74) is 0. The maximum Gasteiger partial charge on any atom is 0.314 e. The zero-order chi connectivity index (χ0) is 12.0. The van der Waals surface area contributed by atoms with Crippen molar-refractivity contribution < 1.29 is 4.79 Å². The van der Waals surface area contributed by atoms with Gasteiger partial charge in [0, 0.05) is 12.6 Å². The van der Waals surface area contributed by atoms with Crippen LogP contribution in [-0.2, 0) is 0 Å². The molecule has 1 aliphatic rings. The summed E-state index contributed by atoms with van der Waals surface area (Å²) < 4.78 is 0. The molecule has 1 fully saturated rings. The molecule has 0 aromatic rings. The van der Waals surface area contributed by atoms with E-state index in [2.05, 4.69) is 24.5 Å². The van der Waals surface area contributed by atoms with Crippen LogP contribution in [0.5, 0.6) is 0 Å². The van der Waals surface area contributed by atoms with Crippen molar-refractivity contribution in [1.29, 1.82) is 0 Å². The normalized spacial score (nSPS) is 25.5. The number of nitrogens with one attached hydrogen (secondary N) is 2. The van der Waals surface area contributed by atoms with E-state index in [9.17, 15) is 4.79 Å². The van der Waals surface area contributed by atoms with Crippen LogP contribution in [0.3, 0.4) is 0 Å². The van der Waals surface area contributed by atoms with Gasteiger partial charge in [0.25, 0.3) is 0 Å². The Morgan fingerprint density at radius 1 is 1.25 bits per heavy atom. The van der Waals surface area contributed by atoms with Gasteiger partial charge in [-0.05, 0) is 50.9 Å². The van der Waals surface area contributed by atoms with Crippen molar-refractivity contribution >= 4 is 6.03 Å². The third-order valence-electron chi connectivity index (χ3n) is 3.32. The fourth-order valence-electron chi connectivity index (χ4n) is 2.61. The quantitative estimate of drug-likeness (QED) is 0.760. The third kappa shape index (κ3) is 4.86. The van der Waals surface area contributed by atoms with Crippen LogP contribution in [0.1, 0.15) is 52.9 Å². The number of amides is 2. The van der Waals surface area contributed by atoms with Gasteiger partial charge in [0.1, 0.15) is 0 Å². The molecule has 1 saturated carbocycles. The molecule has 0 aromatic carbocycles. The molecule has 3 nitrogen and oxygen atoms in total. The van der Waals surface area contributed by atoms with Gasteiger partial charge in [-0.2, -0.15) is 0 Å². The van der Waals surface area contributed by atoms with E-state index in [0.717, 1.165) is 24.7 Å². The summed E-state index contributed by atoms with van der Waals surface area (Å²) in [7, 11) is 0. The molecular formula is C13H26N2O. The second-order valence-electron chi connectivity index (χ2n) is 5.35. The van der Waals surface area contributed by atoms with Gasteiger partial charge in [0.15, 0.2) is 0 Å². The predicted molar refractivity (Wildman–Crippen MR) is 67.4 cm³/mol. The maximum absolute atomic E-state index is 11.3. The lowest BCUT2D eigenvalue weighted by atomic mass is 9.81. The zero-order valence-corrected chi connectivity index (χ0v) is 10.9. The smallest absolute Gasteiger partial charge is 0.314 e. The highest BCUT2D eigenvalue weighted by Gasteiger charge is 2.22. The molecule has 0 aromatic heterocycles. The summed E-state index contributed by atoms with van der Waals surface area (Å²) >= 11 is 0. The van der Waals surface area contributed by atoms with E-state index in [1.807, 2.05) is 6.92 Å². The first-order valence-electron chi connectivity index (χ1n) is 6.66. The minimum Gasteiger partial charge on any atom is -0.338 e. The fraction of sp³-hybridized carbons (Fsp3) is 0.923. The summed E-state index contributed by atoms with van der Waals surface area (Å²) in [6.45, 7) is 7.23. The van der Waals surface area contributed by atoms with E-state index >= 15 is 0 Å². The Morgan fingerprint density at radius 2 is 1.88 bits per heavy atom. The molecule has 0 heterocycles. The number of urea groups is 1. The Balaban J connectivity index is 2.19. The highest BCUT2D eigenvalue weighted by atomic mass is 16.2. The van der Waals surface area contributed by atoms with Crippen LogP contribution in [0.15, 0.2) is 0 Å². The summed E-state index contributed by atoms with van der Waals surface area (Å²) in [5, 5.41) is 5.83. The highest BCUT2D eigenvalue weighted by molar-refractivity contribution is 5.74. The average Bonchev–Trinajstić information content (AvgIpc) is 2.20. The van der Waals surface area contributed by atoms with Gasteiger partial charge in [0.2, 0.25) is 0 Å². The molecule has 3 heteroatoms. The van der Waals surface area contributed by atoms with Crippen LogP contribution in [0, 0.1) is 11.8 Å². The molecule has 16 heavy (non-hydrogen) atoms. The SMILES string of the molecule is CCNC(=O)N[C@H]1CC[C@H](CC(C)C)CC1. The maximum atomic E-state index is 11.3. The molecular weight excluding hydrogens is 200 g/mol. The van der Waals surface area contributed by atoms with Crippen molar-refractivity contribution in [3.63, 3.8) is 0 Å². The molecule has 0 aliphatic heterocycles. The number of carbonyl (C=O) groups excluding carboxylic acids is 1. The zero-order valence-electron chi connectivity index (χ0n) is 10.9. The standard InChI is InChI=1S/C13H26N2O/c1-4-14-13(16)15-12-7-5-11(6-8-12)9-10(2)3/h10-12H,4-9H2,1-3H3,(H2,14,15,16)/t11-,12-. The Labute approximate surface area is 99.4 Å². The lowest BCUT2D eigenvalue weighted by molar-refractivity contribution is 0.222. The van der Waals surface area contributed by atoms with Crippen LogP contribution >= 0.6 is 0 Å². The summed E-state index contributed by atoms with van der Waals surface area (Å²) in [6.07, 6.45) is 6.18. The number of hydrogen-bond acceptors (Lipinski definition) is 1. The van der Waals surface area contributed by atoms with Crippen molar-refractivity contribution in [3.8, 4) is 0 Å². The van der Waals surface area contributed by atoms with Crippen LogP contribution in [0.25, 0.3) is 0 Å². The molecule has 0 radical (unpaired) electrons. The second-order valence-corrected chi connectivity index (χ2v) is 5.35. The number of carbonyl (C=O) groups is 1. The monoisotopic (exact) mass is 226 g/mol. The minimum atomic E-state index is -0.00481. The predicted octanol–water partition coefficient (Wildman–Crippen LogP) is 2.91. The van der Waals surface area contributed by atoms with E-state index in [-0.39, 0.29) is 6.03 Å². The van der Waals surface area contributed by atoms with Crippen molar-refractivity contribution in [1.82, 2.24) is 10.6 Å². The van der Waals surface area contributed by atoms with Crippen molar-refractivity contribution in [2.24, 2.45) is 11.8 Å². The van der Waals surface area contributed by atoms with Crippen LogP contribution in [0.2, 0.25) is 0 Å². The Bertz CT molecular complexity index is 208. The first kappa shape index (κ1) is 13.3. The van der Waals surface area contributed by atoms with Crippen LogP contribution in [-0.4, -0.2) is 18.6 Å². The third-order valence-corrected chi connectivity index (χ3v) is 3.32. The van der Waals surface area contributed by atoms with E-state index in [0.29, 0.717) is 12.6 Å². The summed E-state index contributed by atoms with van der Waals surface area (Å²) in [5.74, 6) is 1.69. The van der Waals surface area contributed by atoms with E-state index in [1.165, 1.54) is 19.3 Å². The molecule has 0 spiro atoms. The Hall–Kier alpha value is -0.730. The minimum absolute atomic E-state index is 0.00481. The van der Waals surface area contributed by atoms with E-state index in [4.69, 9.17) is 0 Å². The molecule has 2 amide bonds. The lowest BCUT2D eigenvalue weighted by Crippen LogP contribution is -2.43.